The van der Waals surface area contributed by atoms with Gasteiger partial charge in [0, 0.05) is 10.9 Å². The van der Waals surface area contributed by atoms with Crippen LogP contribution in [0.1, 0.15) is 17.7 Å². The molecule has 158 valence electrons. The highest BCUT2D eigenvalue weighted by molar-refractivity contribution is 7.91. The number of hydrogen-bond acceptors (Lipinski definition) is 7. The van der Waals surface area contributed by atoms with Crippen LogP contribution in [0.15, 0.2) is 24.4 Å². The molecule has 1 aromatic carbocycles. The van der Waals surface area contributed by atoms with Crippen LogP contribution < -0.4 is 4.90 Å². The number of hydrogen-bond donors (Lipinski definition) is 0. The number of nitrogens with zero attached hydrogens (tertiary/aromatic N) is 4. The van der Waals surface area contributed by atoms with Gasteiger partial charge in [-0.3, -0.25) is 4.90 Å². The third kappa shape index (κ3) is 4.10. The first-order chi connectivity index (χ1) is 14.3. The molecule has 12 heteroatoms. The standard InChI is InChI=1S/C18H16F2N4O4S2/c19-15-5-13(6-16(20)17(15)11-1-3-30(26,27)4-2-11)24-9-14(28-18(24)25)8-23-7-12(10-29)21-22-23/h1,5-7,10,14H,2-4,8-9H2/t14-/m0/s1. The van der Waals surface area contributed by atoms with Crippen LogP contribution in [0, 0.1) is 11.6 Å². The van der Waals surface area contributed by atoms with E-state index in [0.717, 1.165) is 17.0 Å². The SMILES string of the molecule is O=C1O[C@@H](Cn2cc(C=S)nn2)CN1c1cc(F)c(C2=CCS(=O)(=O)CC2)c(F)c1. The molecule has 3 heterocycles. The molecular weight excluding hydrogens is 438 g/mol. The lowest BCUT2D eigenvalue weighted by molar-refractivity contribution is 0.129. The number of sulfone groups is 1. The third-order valence-corrected chi connectivity index (χ3v) is 6.61. The van der Waals surface area contributed by atoms with Crippen LogP contribution in [0.2, 0.25) is 0 Å². The maximum Gasteiger partial charge on any atom is 0.414 e. The Kier molecular flexibility index (Phi) is 5.36. The molecule has 0 bridgehead atoms. The Morgan fingerprint density at radius 2 is 2.03 bits per heavy atom. The molecule has 2 aromatic rings. The fraction of sp³-hybridized carbons (Fsp3) is 0.333. The van der Waals surface area contributed by atoms with Gasteiger partial charge < -0.3 is 4.74 Å². The Morgan fingerprint density at radius 3 is 2.63 bits per heavy atom. The van der Waals surface area contributed by atoms with Gasteiger partial charge in [0.05, 0.1) is 36.5 Å². The summed E-state index contributed by atoms with van der Waals surface area (Å²) < 4.78 is 59.2. The van der Waals surface area contributed by atoms with E-state index in [-0.39, 0.29) is 42.3 Å². The van der Waals surface area contributed by atoms with Crippen LogP contribution in [-0.2, 0) is 21.1 Å². The first-order valence-electron chi connectivity index (χ1n) is 8.98. The van der Waals surface area contributed by atoms with Crippen molar-refractivity contribution in [3.63, 3.8) is 0 Å². The number of ether oxygens (including phenoxy) is 1. The highest BCUT2D eigenvalue weighted by Gasteiger charge is 2.34. The van der Waals surface area contributed by atoms with Gasteiger partial charge in [-0.15, -0.1) is 5.10 Å². The second kappa shape index (κ2) is 7.84. The zero-order chi connectivity index (χ0) is 21.5. The molecule has 2 aliphatic rings. The van der Waals surface area contributed by atoms with E-state index in [0.29, 0.717) is 11.3 Å². The maximum absolute atomic E-state index is 14.7. The Hall–Kier alpha value is -2.73. The zero-order valence-corrected chi connectivity index (χ0v) is 17.1. The van der Waals surface area contributed by atoms with Gasteiger partial charge in [-0.25, -0.2) is 26.7 Å². The van der Waals surface area contributed by atoms with E-state index in [9.17, 15) is 22.0 Å². The molecule has 0 saturated carbocycles. The molecule has 0 N–H and O–H groups in total. The molecule has 0 aliphatic carbocycles. The second-order valence-corrected chi connectivity index (χ2v) is 9.44. The van der Waals surface area contributed by atoms with Gasteiger partial charge in [-0.05, 0) is 24.1 Å². The molecule has 0 unspecified atom stereocenters. The second-order valence-electron chi connectivity index (χ2n) is 6.98. The van der Waals surface area contributed by atoms with Crippen molar-refractivity contribution in [2.75, 3.05) is 23.0 Å². The number of rotatable bonds is 5. The lowest BCUT2D eigenvalue weighted by Crippen LogP contribution is -2.26. The number of aromatic nitrogens is 3. The van der Waals surface area contributed by atoms with Crippen molar-refractivity contribution >= 4 is 44.8 Å². The predicted octanol–water partition coefficient (Wildman–Crippen LogP) is 2.13. The monoisotopic (exact) mass is 454 g/mol. The van der Waals surface area contributed by atoms with Gasteiger partial charge in [0.1, 0.15) is 23.4 Å². The molecule has 1 saturated heterocycles. The van der Waals surface area contributed by atoms with Gasteiger partial charge >= 0.3 is 6.09 Å². The highest BCUT2D eigenvalue weighted by atomic mass is 32.2. The van der Waals surface area contributed by atoms with E-state index in [1.165, 1.54) is 16.1 Å². The molecule has 0 spiro atoms. The van der Waals surface area contributed by atoms with Crippen molar-refractivity contribution in [1.82, 2.24) is 15.0 Å². The number of halogens is 2. The zero-order valence-electron chi connectivity index (χ0n) is 15.5. The van der Waals surface area contributed by atoms with Crippen molar-refractivity contribution in [2.24, 2.45) is 0 Å². The highest BCUT2D eigenvalue weighted by Crippen LogP contribution is 2.32. The van der Waals surface area contributed by atoms with Crippen LogP contribution in [0.25, 0.3) is 5.57 Å². The van der Waals surface area contributed by atoms with E-state index in [1.54, 1.807) is 6.20 Å². The van der Waals surface area contributed by atoms with E-state index < -0.39 is 33.7 Å². The normalized spacial score (nSPS) is 20.7. The molecule has 30 heavy (non-hydrogen) atoms. The first kappa shape index (κ1) is 20.5. The van der Waals surface area contributed by atoms with Gasteiger partial charge in [0.2, 0.25) is 0 Å². The summed E-state index contributed by atoms with van der Waals surface area (Å²) in [5, 5.41) is 9.04. The van der Waals surface area contributed by atoms with Gasteiger partial charge in [0.15, 0.2) is 9.84 Å². The van der Waals surface area contributed by atoms with E-state index in [2.05, 4.69) is 10.3 Å². The van der Waals surface area contributed by atoms with Gasteiger partial charge in [0.25, 0.3) is 0 Å². The number of amides is 1. The predicted molar refractivity (Wildman–Crippen MR) is 108 cm³/mol. The summed E-state index contributed by atoms with van der Waals surface area (Å²) in [6.07, 6.45) is 1.63. The summed E-state index contributed by atoms with van der Waals surface area (Å²) in [6, 6.07) is 2.09. The number of anilines is 1. The lowest BCUT2D eigenvalue weighted by Gasteiger charge is -2.18. The summed E-state index contributed by atoms with van der Waals surface area (Å²) in [5.41, 5.74) is 0.543. The maximum atomic E-state index is 14.7. The largest absolute Gasteiger partial charge is 0.442 e. The number of benzene rings is 1. The van der Waals surface area contributed by atoms with Crippen molar-refractivity contribution in [3.8, 4) is 0 Å². The van der Waals surface area contributed by atoms with Crippen molar-refractivity contribution in [2.45, 2.75) is 19.1 Å². The van der Waals surface area contributed by atoms with Crippen molar-refractivity contribution in [1.29, 1.82) is 0 Å². The summed E-state index contributed by atoms with van der Waals surface area (Å²) in [7, 11) is -3.22. The summed E-state index contributed by atoms with van der Waals surface area (Å²) in [5.74, 6) is -2.15. The van der Waals surface area contributed by atoms with E-state index in [4.69, 9.17) is 17.0 Å². The minimum Gasteiger partial charge on any atom is -0.442 e. The minimum atomic E-state index is -3.22. The molecule has 8 nitrogen and oxygen atoms in total. The average Bonchev–Trinajstić information content (AvgIpc) is 3.28. The summed E-state index contributed by atoms with van der Waals surface area (Å²) >= 11 is 4.77. The average molecular weight is 454 g/mol. The number of carbonyl (C=O) groups is 1. The number of cyclic esters (lactones) is 1. The first-order valence-corrected chi connectivity index (χ1v) is 11.3. The van der Waals surface area contributed by atoms with Crippen LogP contribution in [0.3, 0.4) is 0 Å². The Bertz CT molecular complexity index is 1140. The quantitative estimate of drug-likeness (QED) is 0.639. The smallest absolute Gasteiger partial charge is 0.414 e. The Morgan fingerprint density at radius 1 is 1.30 bits per heavy atom. The number of carbonyl (C=O) groups excluding carboxylic acids is 1. The molecule has 1 amide bonds. The molecule has 2 aliphatic heterocycles. The van der Waals surface area contributed by atoms with Gasteiger partial charge in [-0.1, -0.05) is 23.5 Å². The van der Waals surface area contributed by atoms with E-state index >= 15 is 0 Å². The lowest BCUT2D eigenvalue weighted by atomic mass is 10.0. The summed E-state index contributed by atoms with van der Waals surface area (Å²) in [4.78, 5) is 13.4. The van der Waals surface area contributed by atoms with Crippen LogP contribution in [-0.4, -0.2) is 59.0 Å². The van der Waals surface area contributed by atoms with Crippen LogP contribution in [0.5, 0.6) is 0 Å². The van der Waals surface area contributed by atoms with Crippen molar-refractivity contribution in [3.05, 3.63) is 47.3 Å². The molecule has 1 fully saturated rings. The molecule has 4 rings (SSSR count). The minimum absolute atomic E-state index is 0.0171. The molecule has 1 aromatic heterocycles. The Balaban J connectivity index is 1.53. The molecule has 0 radical (unpaired) electrons. The van der Waals surface area contributed by atoms with Crippen molar-refractivity contribution < 1.29 is 26.7 Å². The fourth-order valence-electron chi connectivity index (χ4n) is 3.42. The summed E-state index contributed by atoms with van der Waals surface area (Å²) in [6.45, 7) is 0.285. The van der Waals surface area contributed by atoms with Gasteiger partial charge in [-0.2, -0.15) is 0 Å². The van der Waals surface area contributed by atoms with Crippen LogP contribution >= 0.6 is 12.2 Å². The molecular formula is C18H16F2N4O4S2. The third-order valence-electron chi connectivity index (χ3n) is 4.87. The fourth-order valence-corrected chi connectivity index (χ4v) is 4.68. The number of thiocarbonyl (C=S) groups is 1. The topological polar surface area (TPSA) is 94.4 Å². The molecule has 1 atom stereocenters. The van der Waals surface area contributed by atoms with Crippen LogP contribution in [0.4, 0.5) is 19.3 Å². The number of allylic oxidation sites excluding steroid dienone is 1. The Labute approximate surface area is 176 Å². The van der Waals surface area contributed by atoms with E-state index in [1.807, 2.05) is 0 Å².